The number of hydrogen-bond acceptors (Lipinski definition) is 6. The Morgan fingerprint density at radius 2 is 1.81 bits per heavy atom. The number of rotatable bonds is 6. The van der Waals surface area contributed by atoms with Crippen molar-refractivity contribution < 1.29 is 9.47 Å². The predicted molar refractivity (Wildman–Crippen MR) is 124 cm³/mol. The van der Waals surface area contributed by atoms with Crippen LogP contribution in [0, 0.1) is 5.92 Å². The molecule has 4 aromatic rings. The summed E-state index contributed by atoms with van der Waals surface area (Å²) in [6.07, 6.45) is 3.58. The molecule has 0 saturated heterocycles. The van der Waals surface area contributed by atoms with Gasteiger partial charge in [0.2, 0.25) is 0 Å². The zero-order valence-corrected chi connectivity index (χ0v) is 18.8. The summed E-state index contributed by atoms with van der Waals surface area (Å²) < 4.78 is 13.4. The SMILES string of the molecule is CC(C)[C@@H](Nc1ncnc2[nH]c(-c3ccn(C(C)C)n3)cc12)c1ccc2c(c1)OCCO2. The number of fused-ring (bicyclic) bond motifs is 2. The molecule has 166 valence electrons. The van der Waals surface area contributed by atoms with Gasteiger partial charge in [-0.05, 0) is 49.6 Å². The summed E-state index contributed by atoms with van der Waals surface area (Å²) in [6, 6.07) is 10.6. The number of H-pyrrole nitrogens is 1. The van der Waals surface area contributed by atoms with E-state index in [1.165, 1.54) is 0 Å². The van der Waals surface area contributed by atoms with Crippen LogP contribution in [0.5, 0.6) is 11.5 Å². The molecule has 1 aromatic carbocycles. The second kappa shape index (κ2) is 8.18. The molecule has 0 fully saturated rings. The summed E-state index contributed by atoms with van der Waals surface area (Å²) in [5.74, 6) is 2.69. The Bertz CT molecular complexity index is 1240. The highest BCUT2D eigenvalue weighted by atomic mass is 16.6. The maximum absolute atomic E-state index is 5.79. The standard InChI is InChI=1S/C24H28N6O2/c1-14(2)22(16-5-6-20-21(11-16)32-10-9-31-20)28-24-17-12-19(27-23(17)25-13-26-24)18-7-8-30(29-18)15(3)4/h5-8,11-15,22H,9-10H2,1-4H3,(H2,25,26,27,28)/t22-/m1/s1. The van der Waals surface area contributed by atoms with Crippen LogP contribution in [0.2, 0.25) is 0 Å². The maximum Gasteiger partial charge on any atom is 0.161 e. The first-order valence-corrected chi connectivity index (χ1v) is 11.0. The third-order valence-electron chi connectivity index (χ3n) is 5.72. The van der Waals surface area contributed by atoms with E-state index in [9.17, 15) is 0 Å². The van der Waals surface area contributed by atoms with Gasteiger partial charge in [-0.15, -0.1) is 0 Å². The molecule has 0 bridgehead atoms. The largest absolute Gasteiger partial charge is 0.486 e. The monoisotopic (exact) mass is 432 g/mol. The van der Waals surface area contributed by atoms with E-state index in [0.717, 1.165) is 45.3 Å². The minimum absolute atomic E-state index is 0.0439. The van der Waals surface area contributed by atoms with E-state index in [-0.39, 0.29) is 6.04 Å². The molecule has 3 aromatic heterocycles. The number of aromatic nitrogens is 5. The van der Waals surface area contributed by atoms with Crippen LogP contribution in [0.1, 0.15) is 45.3 Å². The third-order valence-corrected chi connectivity index (χ3v) is 5.72. The molecule has 0 unspecified atom stereocenters. The van der Waals surface area contributed by atoms with Gasteiger partial charge in [0.1, 0.15) is 36.7 Å². The Hall–Kier alpha value is -3.55. The first kappa shape index (κ1) is 20.4. The Kier molecular flexibility index (Phi) is 5.20. The summed E-state index contributed by atoms with van der Waals surface area (Å²) in [5, 5.41) is 9.25. The van der Waals surface area contributed by atoms with E-state index >= 15 is 0 Å². The molecule has 0 spiro atoms. The summed E-state index contributed by atoms with van der Waals surface area (Å²) in [4.78, 5) is 12.4. The van der Waals surface area contributed by atoms with Crippen LogP contribution in [-0.4, -0.2) is 37.9 Å². The highest BCUT2D eigenvalue weighted by Gasteiger charge is 2.22. The number of ether oxygens (including phenoxy) is 2. The van der Waals surface area contributed by atoms with Gasteiger partial charge in [0, 0.05) is 12.2 Å². The zero-order valence-electron chi connectivity index (χ0n) is 18.8. The second-order valence-corrected chi connectivity index (χ2v) is 8.71. The fourth-order valence-corrected chi connectivity index (χ4v) is 4.00. The molecule has 1 atom stereocenters. The van der Waals surface area contributed by atoms with Crippen LogP contribution >= 0.6 is 0 Å². The van der Waals surface area contributed by atoms with Gasteiger partial charge < -0.3 is 19.8 Å². The van der Waals surface area contributed by atoms with Gasteiger partial charge in [-0.1, -0.05) is 19.9 Å². The Labute approximate surface area is 187 Å². The molecule has 4 heterocycles. The van der Waals surface area contributed by atoms with Crippen molar-refractivity contribution in [2.75, 3.05) is 18.5 Å². The van der Waals surface area contributed by atoms with Crippen LogP contribution in [0.15, 0.2) is 42.9 Å². The first-order chi connectivity index (χ1) is 15.5. The minimum Gasteiger partial charge on any atom is -0.486 e. The lowest BCUT2D eigenvalue weighted by atomic mass is 9.95. The van der Waals surface area contributed by atoms with Crippen LogP contribution in [-0.2, 0) is 0 Å². The quantitative estimate of drug-likeness (QED) is 0.446. The predicted octanol–water partition coefficient (Wildman–Crippen LogP) is 4.98. The van der Waals surface area contributed by atoms with Gasteiger partial charge in [0.25, 0.3) is 0 Å². The molecule has 32 heavy (non-hydrogen) atoms. The van der Waals surface area contributed by atoms with E-state index in [2.05, 4.69) is 71.3 Å². The van der Waals surface area contributed by atoms with Gasteiger partial charge in [0.05, 0.1) is 17.1 Å². The van der Waals surface area contributed by atoms with Crippen molar-refractivity contribution in [3.8, 4) is 22.9 Å². The van der Waals surface area contributed by atoms with Crippen LogP contribution in [0.25, 0.3) is 22.4 Å². The Morgan fingerprint density at radius 3 is 2.56 bits per heavy atom. The summed E-state index contributed by atoms with van der Waals surface area (Å²) in [5.41, 5.74) is 3.71. The Morgan fingerprint density at radius 1 is 1.00 bits per heavy atom. The van der Waals surface area contributed by atoms with Crippen molar-refractivity contribution in [1.82, 2.24) is 24.7 Å². The molecule has 0 saturated carbocycles. The number of hydrogen-bond donors (Lipinski definition) is 2. The maximum atomic E-state index is 5.79. The summed E-state index contributed by atoms with van der Waals surface area (Å²) >= 11 is 0. The lowest BCUT2D eigenvalue weighted by molar-refractivity contribution is 0.171. The van der Waals surface area contributed by atoms with Crippen LogP contribution < -0.4 is 14.8 Å². The lowest BCUT2D eigenvalue weighted by Gasteiger charge is -2.26. The van der Waals surface area contributed by atoms with E-state index in [0.29, 0.717) is 25.2 Å². The van der Waals surface area contributed by atoms with Crippen LogP contribution in [0.4, 0.5) is 5.82 Å². The molecular formula is C24H28N6O2. The first-order valence-electron chi connectivity index (χ1n) is 11.0. The highest BCUT2D eigenvalue weighted by molar-refractivity contribution is 5.91. The van der Waals surface area contributed by atoms with Crippen molar-refractivity contribution in [3.63, 3.8) is 0 Å². The van der Waals surface area contributed by atoms with E-state index < -0.39 is 0 Å². The topological polar surface area (TPSA) is 89.9 Å². The van der Waals surface area contributed by atoms with Gasteiger partial charge >= 0.3 is 0 Å². The van der Waals surface area contributed by atoms with Gasteiger partial charge in [-0.2, -0.15) is 5.10 Å². The lowest BCUT2D eigenvalue weighted by Crippen LogP contribution is -2.19. The van der Waals surface area contributed by atoms with E-state index in [4.69, 9.17) is 9.47 Å². The fraction of sp³-hybridized carbons (Fsp3) is 0.375. The van der Waals surface area contributed by atoms with E-state index in [1.54, 1.807) is 6.33 Å². The molecule has 0 radical (unpaired) electrons. The molecule has 5 rings (SSSR count). The average molecular weight is 433 g/mol. The third kappa shape index (κ3) is 3.77. The Balaban J connectivity index is 1.48. The second-order valence-electron chi connectivity index (χ2n) is 8.71. The van der Waals surface area contributed by atoms with E-state index in [1.807, 2.05) is 23.0 Å². The molecular weight excluding hydrogens is 404 g/mol. The number of benzene rings is 1. The average Bonchev–Trinajstić information content (AvgIpc) is 3.44. The molecule has 1 aliphatic heterocycles. The van der Waals surface area contributed by atoms with Crippen molar-refractivity contribution in [1.29, 1.82) is 0 Å². The van der Waals surface area contributed by atoms with Crippen molar-refractivity contribution in [2.24, 2.45) is 5.92 Å². The number of nitrogens with zero attached hydrogens (tertiary/aromatic N) is 4. The summed E-state index contributed by atoms with van der Waals surface area (Å²) in [7, 11) is 0. The highest BCUT2D eigenvalue weighted by Crippen LogP contribution is 2.36. The molecule has 0 aliphatic carbocycles. The van der Waals surface area contributed by atoms with Crippen molar-refractivity contribution >= 4 is 16.9 Å². The van der Waals surface area contributed by atoms with Crippen molar-refractivity contribution in [2.45, 2.75) is 39.8 Å². The number of nitrogens with one attached hydrogen (secondary N) is 2. The van der Waals surface area contributed by atoms with Gasteiger partial charge in [-0.25, -0.2) is 9.97 Å². The minimum atomic E-state index is 0.0439. The van der Waals surface area contributed by atoms with Gasteiger partial charge in [-0.3, -0.25) is 4.68 Å². The number of aromatic amines is 1. The van der Waals surface area contributed by atoms with Crippen LogP contribution in [0.3, 0.4) is 0 Å². The molecule has 2 N–H and O–H groups in total. The summed E-state index contributed by atoms with van der Waals surface area (Å²) in [6.45, 7) is 9.75. The molecule has 8 heteroatoms. The molecule has 0 amide bonds. The smallest absolute Gasteiger partial charge is 0.161 e. The normalized spacial score (nSPS) is 14.3. The zero-order chi connectivity index (χ0) is 22.2. The van der Waals surface area contributed by atoms with Crippen molar-refractivity contribution in [3.05, 3.63) is 48.4 Å². The molecule has 8 nitrogen and oxygen atoms in total. The number of anilines is 1. The fourth-order valence-electron chi connectivity index (χ4n) is 4.00. The molecule has 1 aliphatic rings. The van der Waals surface area contributed by atoms with Gasteiger partial charge in [0.15, 0.2) is 11.5 Å².